The van der Waals surface area contributed by atoms with E-state index in [2.05, 4.69) is 63.1 Å². The molecule has 4 rings (SSSR count). The molecule has 2 aromatic carbocycles. The van der Waals surface area contributed by atoms with E-state index in [1.807, 2.05) is 6.07 Å². The molecule has 3 aromatic rings. The third-order valence-electron chi connectivity index (χ3n) is 4.85. The Morgan fingerprint density at radius 3 is 2.75 bits per heavy atom. The number of hydrogen-bond donors (Lipinski definition) is 2. The Hall–Kier alpha value is -1.93. The maximum atomic E-state index is 6.05. The van der Waals surface area contributed by atoms with Crippen molar-refractivity contribution < 1.29 is 0 Å². The van der Waals surface area contributed by atoms with Crippen molar-refractivity contribution in [3.63, 3.8) is 0 Å². The minimum atomic E-state index is 0. The minimum absolute atomic E-state index is 0. The maximum absolute atomic E-state index is 6.05. The van der Waals surface area contributed by atoms with E-state index in [-0.39, 0.29) is 24.0 Å². The van der Waals surface area contributed by atoms with Gasteiger partial charge in [-0.05, 0) is 54.5 Å². The first-order valence-electron chi connectivity index (χ1n) is 9.42. The zero-order chi connectivity index (χ0) is 18.5. The molecule has 0 saturated heterocycles. The zero-order valence-electron chi connectivity index (χ0n) is 15.7. The fourth-order valence-corrected chi connectivity index (χ4v) is 4.22. The van der Waals surface area contributed by atoms with Gasteiger partial charge in [0.2, 0.25) is 0 Å². The quantitative estimate of drug-likeness (QED) is 0.283. The molecule has 4 nitrogen and oxygen atoms in total. The van der Waals surface area contributed by atoms with Crippen molar-refractivity contribution in [1.29, 1.82) is 0 Å². The standard InChI is InChI=1S/C22H24N4S.HI/c23-22(26-19-11-10-17-7-4-8-18(17)13-19)24-14-20-15-27-21(25-20)12-9-16-5-2-1-3-6-16;/h1-3,5-6,10-11,13,15H,4,7-9,12,14H2,(H3,23,24,26);1H. The smallest absolute Gasteiger partial charge is 0.193 e. The van der Waals surface area contributed by atoms with Gasteiger partial charge in [0.1, 0.15) is 0 Å². The third kappa shape index (κ3) is 5.54. The van der Waals surface area contributed by atoms with Gasteiger partial charge >= 0.3 is 0 Å². The molecule has 3 N–H and O–H groups in total. The van der Waals surface area contributed by atoms with Crippen LogP contribution >= 0.6 is 35.3 Å². The summed E-state index contributed by atoms with van der Waals surface area (Å²) >= 11 is 1.70. The van der Waals surface area contributed by atoms with Crippen molar-refractivity contribution in [2.45, 2.75) is 38.6 Å². The summed E-state index contributed by atoms with van der Waals surface area (Å²) in [5, 5.41) is 6.42. The Kier molecular flexibility index (Phi) is 7.44. The van der Waals surface area contributed by atoms with E-state index >= 15 is 0 Å². The molecule has 0 unspecified atom stereocenters. The van der Waals surface area contributed by atoms with Gasteiger partial charge in [-0.1, -0.05) is 36.4 Å². The summed E-state index contributed by atoms with van der Waals surface area (Å²) in [6.45, 7) is 0.506. The van der Waals surface area contributed by atoms with E-state index in [1.54, 1.807) is 11.3 Å². The summed E-state index contributed by atoms with van der Waals surface area (Å²) in [5.74, 6) is 0.437. The van der Waals surface area contributed by atoms with Crippen LogP contribution < -0.4 is 11.1 Å². The summed E-state index contributed by atoms with van der Waals surface area (Å²) in [6, 6.07) is 17.0. The van der Waals surface area contributed by atoms with Gasteiger partial charge in [-0.2, -0.15) is 0 Å². The summed E-state index contributed by atoms with van der Waals surface area (Å²) in [4.78, 5) is 9.12. The van der Waals surface area contributed by atoms with Crippen molar-refractivity contribution in [3.8, 4) is 0 Å². The second-order valence-electron chi connectivity index (χ2n) is 6.88. The van der Waals surface area contributed by atoms with E-state index in [9.17, 15) is 0 Å². The number of rotatable bonds is 6. The van der Waals surface area contributed by atoms with Gasteiger partial charge in [-0.15, -0.1) is 35.3 Å². The number of nitrogens with one attached hydrogen (secondary N) is 1. The van der Waals surface area contributed by atoms with Crippen LogP contribution in [-0.2, 0) is 32.2 Å². The number of guanidine groups is 1. The number of aliphatic imine (C=N–C) groups is 1. The van der Waals surface area contributed by atoms with Crippen molar-refractivity contribution in [1.82, 2.24) is 4.98 Å². The van der Waals surface area contributed by atoms with E-state index in [0.29, 0.717) is 12.5 Å². The average Bonchev–Trinajstić information content (AvgIpc) is 3.34. The number of anilines is 1. The van der Waals surface area contributed by atoms with Gasteiger partial charge in [0.15, 0.2) is 5.96 Å². The lowest BCUT2D eigenvalue weighted by Crippen LogP contribution is -2.22. The summed E-state index contributed by atoms with van der Waals surface area (Å²) in [7, 11) is 0. The molecule has 1 aliphatic carbocycles. The maximum Gasteiger partial charge on any atom is 0.193 e. The van der Waals surface area contributed by atoms with Gasteiger partial charge in [-0.3, -0.25) is 0 Å². The number of benzene rings is 2. The number of nitrogens with two attached hydrogens (primary N) is 1. The number of aryl methyl sites for hydroxylation is 4. The average molecular weight is 504 g/mol. The fourth-order valence-electron chi connectivity index (χ4n) is 3.44. The van der Waals surface area contributed by atoms with E-state index < -0.39 is 0 Å². The van der Waals surface area contributed by atoms with Crippen LogP contribution in [0.4, 0.5) is 5.69 Å². The first-order valence-corrected chi connectivity index (χ1v) is 10.3. The number of thiazole rings is 1. The van der Waals surface area contributed by atoms with Gasteiger partial charge in [0, 0.05) is 17.5 Å². The predicted molar refractivity (Wildman–Crippen MR) is 129 cm³/mol. The Balaban J connectivity index is 0.00000225. The molecule has 0 aliphatic heterocycles. The first-order chi connectivity index (χ1) is 13.3. The van der Waals surface area contributed by atoms with E-state index in [1.165, 1.54) is 29.5 Å². The molecule has 6 heteroatoms. The Labute approximate surface area is 187 Å². The molecular weight excluding hydrogens is 479 g/mol. The van der Waals surface area contributed by atoms with Crippen molar-refractivity contribution in [2.75, 3.05) is 5.32 Å². The molecule has 0 fully saturated rings. The monoisotopic (exact) mass is 504 g/mol. The highest BCUT2D eigenvalue weighted by atomic mass is 127. The number of nitrogens with zero attached hydrogens (tertiary/aromatic N) is 2. The van der Waals surface area contributed by atoms with Crippen molar-refractivity contribution >= 4 is 47.0 Å². The highest BCUT2D eigenvalue weighted by Gasteiger charge is 2.11. The molecule has 0 spiro atoms. The Morgan fingerprint density at radius 1 is 1.07 bits per heavy atom. The normalized spacial score (nSPS) is 13.1. The molecule has 28 heavy (non-hydrogen) atoms. The predicted octanol–water partition coefficient (Wildman–Crippen LogP) is 4.96. The van der Waals surface area contributed by atoms with Crippen molar-refractivity contribution in [2.24, 2.45) is 10.7 Å². The largest absolute Gasteiger partial charge is 0.370 e. The molecule has 1 heterocycles. The summed E-state index contributed by atoms with van der Waals surface area (Å²) < 4.78 is 0. The second kappa shape index (κ2) is 10.0. The second-order valence-corrected chi connectivity index (χ2v) is 7.82. The molecule has 146 valence electrons. The van der Waals surface area contributed by atoms with Crippen LogP contribution in [0.2, 0.25) is 0 Å². The molecule has 0 bridgehead atoms. The van der Waals surface area contributed by atoms with Crippen LogP contribution in [0.25, 0.3) is 0 Å². The molecule has 0 saturated carbocycles. The fraction of sp³-hybridized carbons (Fsp3) is 0.273. The van der Waals surface area contributed by atoms with Gasteiger partial charge in [-0.25, -0.2) is 9.98 Å². The van der Waals surface area contributed by atoms with E-state index in [0.717, 1.165) is 35.7 Å². The number of halogens is 1. The molecule has 0 radical (unpaired) electrons. The first kappa shape index (κ1) is 20.8. The molecule has 0 atom stereocenters. The van der Waals surface area contributed by atoms with Crippen LogP contribution in [-0.4, -0.2) is 10.9 Å². The lowest BCUT2D eigenvalue weighted by Gasteiger charge is -2.07. The number of aromatic nitrogens is 1. The summed E-state index contributed by atoms with van der Waals surface area (Å²) in [5.41, 5.74) is 12.3. The molecule has 1 aromatic heterocycles. The Bertz CT molecular complexity index is 937. The Morgan fingerprint density at radius 2 is 1.89 bits per heavy atom. The van der Waals surface area contributed by atoms with Crippen LogP contribution in [0.3, 0.4) is 0 Å². The van der Waals surface area contributed by atoms with E-state index in [4.69, 9.17) is 5.73 Å². The van der Waals surface area contributed by atoms with Gasteiger partial charge < -0.3 is 11.1 Å². The minimum Gasteiger partial charge on any atom is -0.370 e. The SMILES string of the molecule is I.NC(=NCc1csc(CCc2ccccc2)n1)Nc1ccc2c(c1)CCC2. The number of fused-ring (bicyclic) bond motifs is 1. The van der Waals surface area contributed by atoms with Crippen molar-refractivity contribution in [3.05, 3.63) is 81.3 Å². The highest BCUT2D eigenvalue weighted by Crippen LogP contribution is 2.24. The van der Waals surface area contributed by atoms with Crippen LogP contribution in [0.1, 0.15) is 33.8 Å². The zero-order valence-corrected chi connectivity index (χ0v) is 18.9. The highest BCUT2D eigenvalue weighted by molar-refractivity contribution is 14.0. The van der Waals surface area contributed by atoms with Crippen LogP contribution in [0.15, 0.2) is 58.9 Å². The molecule has 1 aliphatic rings. The molecular formula is C22H25IN4S. The summed E-state index contributed by atoms with van der Waals surface area (Å²) in [6.07, 6.45) is 5.57. The van der Waals surface area contributed by atoms with Crippen LogP contribution in [0, 0.1) is 0 Å². The number of hydrogen-bond acceptors (Lipinski definition) is 3. The van der Waals surface area contributed by atoms with Gasteiger partial charge in [0.25, 0.3) is 0 Å². The van der Waals surface area contributed by atoms with Crippen LogP contribution in [0.5, 0.6) is 0 Å². The third-order valence-corrected chi connectivity index (χ3v) is 5.81. The lowest BCUT2D eigenvalue weighted by atomic mass is 10.1. The topological polar surface area (TPSA) is 63.3 Å². The lowest BCUT2D eigenvalue weighted by molar-refractivity contribution is 0.911. The molecule has 0 amide bonds. The van der Waals surface area contributed by atoms with Gasteiger partial charge in [0.05, 0.1) is 17.2 Å².